The van der Waals surface area contributed by atoms with Crippen molar-refractivity contribution in [2.45, 2.75) is 20.8 Å². The molecule has 0 saturated heterocycles. The summed E-state index contributed by atoms with van der Waals surface area (Å²) in [5, 5.41) is 0. The summed E-state index contributed by atoms with van der Waals surface area (Å²) >= 11 is 0. The van der Waals surface area contributed by atoms with E-state index >= 15 is 0 Å². The van der Waals surface area contributed by atoms with Gasteiger partial charge in [-0.1, -0.05) is 27.0 Å². The number of aromatic nitrogens is 2. The van der Waals surface area contributed by atoms with Gasteiger partial charge in [-0.25, -0.2) is 9.97 Å². The number of nitrogens with zero attached hydrogens (tertiary/aromatic N) is 2. The summed E-state index contributed by atoms with van der Waals surface area (Å²) in [6.07, 6.45) is 4.95. The quantitative estimate of drug-likeness (QED) is 0.691. The Morgan fingerprint density at radius 3 is 2.46 bits per heavy atom. The smallest absolute Gasteiger partial charge is 0.116 e. The van der Waals surface area contributed by atoms with Crippen molar-refractivity contribution in [2.24, 2.45) is 0 Å². The maximum Gasteiger partial charge on any atom is 0.116 e. The lowest BCUT2D eigenvalue weighted by Gasteiger charge is -2.00. The molecule has 0 fully saturated rings. The van der Waals surface area contributed by atoms with Crippen molar-refractivity contribution >= 4 is 11.6 Å². The molecule has 1 rings (SSSR count). The van der Waals surface area contributed by atoms with Crippen LogP contribution >= 0.6 is 0 Å². The standard InChI is InChI=1S/C9H10N2.C2H6/c1-4-9-8(7(2)3)5-10-6-11-9;1-2/h4-6H,1-2H2,3H3;1-2H3. The molecule has 13 heavy (non-hydrogen) atoms. The first-order valence-corrected chi connectivity index (χ1v) is 4.34. The Labute approximate surface area is 80.1 Å². The van der Waals surface area contributed by atoms with Gasteiger partial charge in [0.05, 0.1) is 5.69 Å². The van der Waals surface area contributed by atoms with Crippen molar-refractivity contribution in [3.63, 3.8) is 0 Å². The maximum absolute atomic E-state index is 4.03. The summed E-state index contributed by atoms with van der Waals surface area (Å²) in [5.74, 6) is 0. The van der Waals surface area contributed by atoms with Crippen LogP contribution in [0, 0.1) is 0 Å². The second kappa shape index (κ2) is 6.12. The van der Waals surface area contributed by atoms with E-state index < -0.39 is 0 Å². The van der Waals surface area contributed by atoms with E-state index in [2.05, 4.69) is 23.1 Å². The van der Waals surface area contributed by atoms with Crippen molar-refractivity contribution < 1.29 is 0 Å². The van der Waals surface area contributed by atoms with E-state index in [1.807, 2.05) is 20.8 Å². The molecule has 0 spiro atoms. The summed E-state index contributed by atoms with van der Waals surface area (Å²) in [4.78, 5) is 7.92. The van der Waals surface area contributed by atoms with E-state index in [4.69, 9.17) is 0 Å². The molecule has 0 aliphatic rings. The molecule has 0 amide bonds. The topological polar surface area (TPSA) is 25.8 Å². The summed E-state index contributed by atoms with van der Waals surface area (Å²) in [6, 6.07) is 0. The van der Waals surface area contributed by atoms with E-state index in [9.17, 15) is 0 Å². The number of hydrogen-bond donors (Lipinski definition) is 0. The predicted molar refractivity (Wildman–Crippen MR) is 58.2 cm³/mol. The lowest BCUT2D eigenvalue weighted by atomic mass is 10.1. The van der Waals surface area contributed by atoms with Gasteiger partial charge in [0, 0.05) is 11.8 Å². The first-order chi connectivity index (χ1) is 6.25. The fourth-order valence-corrected chi connectivity index (χ4v) is 0.831. The van der Waals surface area contributed by atoms with Gasteiger partial charge in [0.1, 0.15) is 6.33 Å². The predicted octanol–water partition coefficient (Wildman–Crippen LogP) is 3.18. The van der Waals surface area contributed by atoms with E-state index in [0.29, 0.717) is 0 Å². The zero-order chi connectivity index (χ0) is 10.3. The third-order valence-corrected chi connectivity index (χ3v) is 1.40. The van der Waals surface area contributed by atoms with Crippen molar-refractivity contribution in [2.75, 3.05) is 0 Å². The number of rotatable bonds is 2. The fourth-order valence-electron chi connectivity index (χ4n) is 0.831. The Morgan fingerprint density at radius 1 is 1.46 bits per heavy atom. The van der Waals surface area contributed by atoms with E-state index in [0.717, 1.165) is 16.8 Å². The van der Waals surface area contributed by atoms with Gasteiger partial charge in [0.15, 0.2) is 0 Å². The average molecular weight is 176 g/mol. The van der Waals surface area contributed by atoms with Gasteiger partial charge in [0.2, 0.25) is 0 Å². The molecule has 0 aliphatic heterocycles. The fraction of sp³-hybridized carbons (Fsp3) is 0.273. The molecular formula is C11H16N2. The van der Waals surface area contributed by atoms with E-state index in [1.54, 1.807) is 12.3 Å². The molecule has 70 valence electrons. The second-order valence-corrected chi connectivity index (χ2v) is 2.31. The molecule has 2 heteroatoms. The third kappa shape index (κ3) is 3.20. The lowest BCUT2D eigenvalue weighted by molar-refractivity contribution is 1.14. The minimum atomic E-state index is 0.840. The zero-order valence-corrected chi connectivity index (χ0v) is 8.54. The summed E-state index contributed by atoms with van der Waals surface area (Å²) in [5.41, 5.74) is 2.76. The van der Waals surface area contributed by atoms with Crippen LogP contribution in [0.2, 0.25) is 0 Å². The SMILES string of the molecule is C=Cc1ncncc1C(=C)C.CC. The molecule has 1 heterocycles. The van der Waals surface area contributed by atoms with Gasteiger partial charge in [-0.2, -0.15) is 0 Å². The zero-order valence-electron chi connectivity index (χ0n) is 8.54. The van der Waals surface area contributed by atoms with Gasteiger partial charge in [-0.15, -0.1) is 0 Å². The average Bonchev–Trinajstić information content (AvgIpc) is 2.20. The van der Waals surface area contributed by atoms with Crippen molar-refractivity contribution in [1.29, 1.82) is 0 Å². The molecule has 0 N–H and O–H groups in total. The molecule has 0 aliphatic carbocycles. The summed E-state index contributed by atoms with van der Waals surface area (Å²) < 4.78 is 0. The van der Waals surface area contributed by atoms with Gasteiger partial charge >= 0.3 is 0 Å². The Balaban J connectivity index is 0.000000671. The van der Waals surface area contributed by atoms with Crippen LogP contribution in [-0.4, -0.2) is 9.97 Å². The van der Waals surface area contributed by atoms with Crippen LogP contribution in [0.15, 0.2) is 25.7 Å². The van der Waals surface area contributed by atoms with Crippen LogP contribution in [0.3, 0.4) is 0 Å². The highest BCUT2D eigenvalue weighted by Gasteiger charge is 1.98. The lowest BCUT2D eigenvalue weighted by Crippen LogP contribution is -1.89. The molecule has 1 aromatic rings. The molecule has 2 nitrogen and oxygen atoms in total. The summed E-state index contributed by atoms with van der Waals surface area (Å²) in [7, 11) is 0. The molecule has 0 bridgehead atoms. The highest BCUT2D eigenvalue weighted by molar-refractivity contribution is 5.68. The number of allylic oxidation sites excluding steroid dienone is 1. The Hall–Kier alpha value is -1.44. The van der Waals surface area contributed by atoms with Gasteiger partial charge in [0.25, 0.3) is 0 Å². The Bertz CT molecular complexity index is 290. The minimum Gasteiger partial charge on any atom is -0.244 e. The van der Waals surface area contributed by atoms with Crippen LogP contribution in [0.5, 0.6) is 0 Å². The van der Waals surface area contributed by atoms with Crippen molar-refractivity contribution in [3.8, 4) is 0 Å². The molecule has 0 unspecified atom stereocenters. The Kier molecular flexibility index (Phi) is 5.44. The van der Waals surface area contributed by atoms with Gasteiger partial charge < -0.3 is 0 Å². The van der Waals surface area contributed by atoms with Crippen LogP contribution in [0.1, 0.15) is 32.0 Å². The van der Waals surface area contributed by atoms with Gasteiger partial charge in [-0.05, 0) is 18.6 Å². The third-order valence-electron chi connectivity index (χ3n) is 1.40. The monoisotopic (exact) mass is 176 g/mol. The largest absolute Gasteiger partial charge is 0.244 e. The minimum absolute atomic E-state index is 0.840. The normalized spacial score (nSPS) is 8.23. The van der Waals surface area contributed by atoms with E-state index in [1.165, 1.54) is 6.33 Å². The molecule has 0 atom stereocenters. The van der Waals surface area contributed by atoms with Crippen LogP contribution in [0.4, 0.5) is 0 Å². The van der Waals surface area contributed by atoms with Crippen molar-refractivity contribution in [1.82, 2.24) is 9.97 Å². The number of hydrogen-bond acceptors (Lipinski definition) is 2. The molecule has 0 aromatic carbocycles. The van der Waals surface area contributed by atoms with E-state index in [-0.39, 0.29) is 0 Å². The second-order valence-electron chi connectivity index (χ2n) is 2.31. The summed E-state index contributed by atoms with van der Waals surface area (Å²) in [6.45, 7) is 13.4. The van der Waals surface area contributed by atoms with Crippen LogP contribution in [0.25, 0.3) is 11.6 Å². The Morgan fingerprint density at radius 2 is 2.08 bits per heavy atom. The molecule has 0 saturated carbocycles. The van der Waals surface area contributed by atoms with Crippen LogP contribution < -0.4 is 0 Å². The highest BCUT2D eigenvalue weighted by Crippen LogP contribution is 2.13. The maximum atomic E-state index is 4.03. The molecule has 0 radical (unpaired) electrons. The van der Waals surface area contributed by atoms with Gasteiger partial charge in [-0.3, -0.25) is 0 Å². The molecular weight excluding hydrogens is 160 g/mol. The van der Waals surface area contributed by atoms with Crippen molar-refractivity contribution in [3.05, 3.63) is 36.9 Å². The first-order valence-electron chi connectivity index (χ1n) is 4.34. The van der Waals surface area contributed by atoms with Crippen LogP contribution in [-0.2, 0) is 0 Å². The highest BCUT2D eigenvalue weighted by atomic mass is 14.8. The first kappa shape index (κ1) is 11.6. The molecule has 1 aromatic heterocycles.